The van der Waals surface area contributed by atoms with Crippen molar-refractivity contribution in [3.8, 4) is 0 Å². The van der Waals surface area contributed by atoms with E-state index in [4.69, 9.17) is 0 Å². The van der Waals surface area contributed by atoms with E-state index in [1.807, 2.05) is 0 Å². The zero-order valence-corrected chi connectivity index (χ0v) is 9.05. The third-order valence-corrected chi connectivity index (χ3v) is 4.16. The first-order valence-corrected chi connectivity index (χ1v) is 6.33. The molecule has 1 aromatic rings. The Kier molecular flexibility index (Phi) is 2.62. The van der Waals surface area contributed by atoms with Gasteiger partial charge in [-0.3, -0.25) is 0 Å². The summed E-state index contributed by atoms with van der Waals surface area (Å²) in [5.41, 5.74) is -0.456. The molecule has 0 heterocycles. The fraction of sp³-hybridized carbons (Fsp3) is 0.300. The van der Waals surface area contributed by atoms with Crippen molar-refractivity contribution in [2.75, 3.05) is 0 Å². The van der Waals surface area contributed by atoms with Gasteiger partial charge in [-0.1, -0.05) is 31.9 Å². The van der Waals surface area contributed by atoms with Crippen LogP contribution < -0.4 is 14.9 Å². The lowest BCUT2D eigenvalue weighted by atomic mass is 10.0. The van der Waals surface area contributed by atoms with Crippen molar-refractivity contribution in [1.29, 1.82) is 0 Å². The van der Waals surface area contributed by atoms with Gasteiger partial charge in [-0.15, -0.1) is 0 Å². The summed E-state index contributed by atoms with van der Waals surface area (Å²) in [5.74, 6) is -2.85. The summed E-state index contributed by atoms with van der Waals surface area (Å²) >= 11 is 0. The predicted molar refractivity (Wildman–Crippen MR) is 49.3 cm³/mol. The average Bonchev–Trinajstić information content (AvgIpc) is 2.55. The Balaban J connectivity index is 2.50. The van der Waals surface area contributed by atoms with E-state index < -0.39 is 25.1 Å². The molecule has 86 valence electrons. The van der Waals surface area contributed by atoms with Crippen molar-refractivity contribution in [2.45, 2.75) is 18.0 Å². The lowest BCUT2D eigenvalue weighted by Gasteiger charge is -2.39. The summed E-state index contributed by atoms with van der Waals surface area (Å²) in [5, 5.41) is 10.9. The SMILES string of the molecule is O=C([O-])[C@H]1c2ccccc2C[C@@H]1P(=O)([O-])[O-]. The van der Waals surface area contributed by atoms with E-state index in [2.05, 4.69) is 0 Å². The van der Waals surface area contributed by atoms with Gasteiger partial charge in [0, 0.05) is 17.5 Å². The Hall–Kier alpha value is -1.16. The maximum Gasteiger partial charge on any atom is 0.0496 e. The van der Waals surface area contributed by atoms with E-state index in [0.29, 0.717) is 11.1 Å². The summed E-state index contributed by atoms with van der Waals surface area (Å²) in [6.45, 7) is 0. The van der Waals surface area contributed by atoms with Crippen LogP contribution in [0.5, 0.6) is 0 Å². The van der Waals surface area contributed by atoms with Crippen LogP contribution in [0.3, 0.4) is 0 Å². The van der Waals surface area contributed by atoms with Crippen molar-refractivity contribution in [3.63, 3.8) is 0 Å². The highest BCUT2D eigenvalue weighted by Gasteiger charge is 2.35. The number of carbonyl (C=O) groups is 1. The molecular formula is C10H8O5P-3. The molecule has 0 spiro atoms. The Morgan fingerprint density at radius 1 is 1.31 bits per heavy atom. The molecule has 16 heavy (non-hydrogen) atoms. The first kappa shape index (κ1) is 11.3. The molecule has 6 heteroatoms. The molecule has 0 saturated heterocycles. The number of fused-ring (bicyclic) bond motifs is 1. The minimum atomic E-state index is -4.93. The van der Waals surface area contributed by atoms with Crippen molar-refractivity contribution >= 4 is 13.6 Å². The van der Waals surface area contributed by atoms with E-state index in [0.717, 1.165) is 0 Å². The molecule has 0 saturated carbocycles. The molecule has 0 bridgehead atoms. The van der Waals surface area contributed by atoms with Gasteiger partial charge in [-0.2, -0.15) is 0 Å². The van der Waals surface area contributed by atoms with Gasteiger partial charge in [0.25, 0.3) is 0 Å². The molecule has 0 radical (unpaired) electrons. The summed E-state index contributed by atoms with van der Waals surface area (Å²) in [4.78, 5) is 32.9. The predicted octanol–water partition coefficient (Wildman–Crippen LogP) is -1.64. The number of benzene rings is 1. The van der Waals surface area contributed by atoms with Gasteiger partial charge in [0.1, 0.15) is 0 Å². The minimum absolute atomic E-state index is 0.0426. The second-order valence-electron chi connectivity index (χ2n) is 3.81. The van der Waals surface area contributed by atoms with E-state index in [9.17, 15) is 24.3 Å². The van der Waals surface area contributed by atoms with E-state index in [1.54, 1.807) is 18.2 Å². The zero-order chi connectivity index (χ0) is 11.9. The molecule has 2 atom stereocenters. The van der Waals surface area contributed by atoms with Gasteiger partial charge in [-0.05, 0) is 17.5 Å². The number of rotatable bonds is 2. The van der Waals surface area contributed by atoms with Gasteiger partial charge in [0.15, 0.2) is 0 Å². The summed E-state index contributed by atoms with van der Waals surface area (Å²) in [7, 11) is -4.93. The van der Waals surface area contributed by atoms with E-state index in [-0.39, 0.29) is 6.42 Å². The lowest BCUT2D eigenvalue weighted by molar-refractivity contribution is -0.323. The fourth-order valence-electron chi connectivity index (χ4n) is 2.15. The fourth-order valence-corrected chi connectivity index (χ4v) is 3.22. The quantitative estimate of drug-likeness (QED) is 0.575. The first-order valence-electron chi connectivity index (χ1n) is 4.71. The van der Waals surface area contributed by atoms with Gasteiger partial charge in [0.2, 0.25) is 0 Å². The minimum Gasteiger partial charge on any atom is -0.810 e. The number of hydrogen-bond acceptors (Lipinski definition) is 5. The molecule has 1 aliphatic carbocycles. The average molecular weight is 239 g/mol. The largest absolute Gasteiger partial charge is 0.810 e. The second kappa shape index (κ2) is 3.70. The van der Waals surface area contributed by atoms with Crippen LogP contribution in [-0.2, 0) is 15.8 Å². The highest BCUT2D eigenvalue weighted by Crippen LogP contribution is 2.48. The highest BCUT2D eigenvalue weighted by atomic mass is 31.2. The summed E-state index contributed by atoms with van der Waals surface area (Å²) in [6, 6.07) is 6.43. The summed E-state index contributed by atoms with van der Waals surface area (Å²) < 4.78 is 11.0. The normalized spacial score (nSPS) is 24.1. The van der Waals surface area contributed by atoms with Crippen LogP contribution in [-0.4, -0.2) is 11.6 Å². The second-order valence-corrected chi connectivity index (χ2v) is 5.55. The van der Waals surface area contributed by atoms with Crippen LogP contribution in [0.2, 0.25) is 0 Å². The van der Waals surface area contributed by atoms with Crippen LogP contribution in [0.15, 0.2) is 24.3 Å². The van der Waals surface area contributed by atoms with Crippen molar-refractivity contribution in [2.24, 2.45) is 0 Å². The number of hydrogen-bond donors (Lipinski definition) is 0. The Morgan fingerprint density at radius 3 is 2.50 bits per heavy atom. The topological polar surface area (TPSA) is 103 Å². The number of carboxylic acid groups (broad SMARTS) is 1. The third-order valence-electron chi connectivity index (χ3n) is 2.86. The Morgan fingerprint density at radius 2 is 1.94 bits per heavy atom. The Labute approximate surface area is 91.9 Å². The summed E-state index contributed by atoms with van der Waals surface area (Å²) in [6.07, 6.45) is -0.0426. The van der Waals surface area contributed by atoms with Crippen LogP contribution in [0, 0.1) is 0 Å². The third kappa shape index (κ3) is 1.78. The van der Waals surface area contributed by atoms with Crippen LogP contribution in [0.25, 0.3) is 0 Å². The molecule has 5 nitrogen and oxygen atoms in total. The molecule has 0 unspecified atom stereocenters. The molecule has 1 aromatic carbocycles. The maximum absolute atomic E-state index is 11.0. The molecule has 0 amide bonds. The molecule has 2 rings (SSSR count). The zero-order valence-electron chi connectivity index (χ0n) is 8.16. The van der Waals surface area contributed by atoms with Gasteiger partial charge >= 0.3 is 0 Å². The molecule has 0 aromatic heterocycles. The highest BCUT2D eigenvalue weighted by molar-refractivity contribution is 7.49. The smallest absolute Gasteiger partial charge is 0.0496 e. The standard InChI is InChI=1S/C10H11O5P/c11-10(12)9-7-4-2-1-3-6(7)5-8(9)16(13,14)15/h1-4,8-9H,5H2,(H,11,12)(H2,13,14,15)/p-3/t8-,9-/m0/s1. The van der Waals surface area contributed by atoms with Crippen LogP contribution in [0.4, 0.5) is 0 Å². The maximum atomic E-state index is 11.0. The van der Waals surface area contributed by atoms with Crippen molar-refractivity contribution in [3.05, 3.63) is 35.4 Å². The van der Waals surface area contributed by atoms with Crippen LogP contribution in [0.1, 0.15) is 17.0 Å². The van der Waals surface area contributed by atoms with Crippen molar-refractivity contribution < 1.29 is 24.3 Å². The van der Waals surface area contributed by atoms with Crippen LogP contribution >= 0.6 is 7.60 Å². The van der Waals surface area contributed by atoms with E-state index in [1.165, 1.54) is 6.07 Å². The Bertz CT molecular complexity index is 478. The van der Waals surface area contributed by atoms with Gasteiger partial charge in [-0.25, -0.2) is 0 Å². The van der Waals surface area contributed by atoms with E-state index >= 15 is 0 Å². The molecule has 0 fully saturated rings. The van der Waals surface area contributed by atoms with Crippen molar-refractivity contribution in [1.82, 2.24) is 0 Å². The molecular weight excluding hydrogens is 231 g/mol. The number of carboxylic acids is 1. The first-order chi connectivity index (χ1) is 7.41. The molecule has 0 aliphatic heterocycles. The van der Waals surface area contributed by atoms with Gasteiger partial charge < -0.3 is 24.3 Å². The molecule has 1 aliphatic rings. The lowest BCUT2D eigenvalue weighted by Crippen LogP contribution is -2.38. The molecule has 0 N–H and O–H groups in total. The number of aliphatic carboxylic acids is 1. The van der Waals surface area contributed by atoms with Gasteiger partial charge in [0.05, 0.1) is 0 Å². The number of carbonyl (C=O) groups excluding carboxylic acids is 1. The monoisotopic (exact) mass is 239 g/mol.